The van der Waals surface area contributed by atoms with Crippen LogP contribution in [0.4, 0.5) is 0 Å². The van der Waals surface area contributed by atoms with Crippen molar-refractivity contribution >= 4 is 0 Å². The van der Waals surface area contributed by atoms with Crippen LogP contribution in [0.15, 0.2) is 0 Å². The second kappa shape index (κ2) is 5.45. The molecule has 4 atom stereocenters. The molecule has 1 rings (SSSR count). The Bertz CT molecular complexity index is 213. The Morgan fingerprint density at radius 1 is 1.44 bits per heavy atom. The number of hydrogen-bond acceptors (Lipinski definition) is 4. The van der Waals surface area contributed by atoms with Gasteiger partial charge in [0.1, 0.15) is 6.10 Å². The van der Waals surface area contributed by atoms with Crippen LogP contribution in [-0.4, -0.2) is 42.9 Å². The van der Waals surface area contributed by atoms with Gasteiger partial charge in [-0.05, 0) is 20.3 Å². The number of aliphatic hydroxyl groups excluding tert-OH is 1. The van der Waals surface area contributed by atoms with Gasteiger partial charge >= 0.3 is 0 Å². The van der Waals surface area contributed by atoms with E-state index in [1.165, 1.54) is 0 Å². The molecule has 1 heterocycles. The molecule has 0 aliphatic carbocycles. The average Bonchev–Trinajstić information content (AvgIpc) is 2.50. The standard InChI is InChI=1S/C12H24O4/c1-6-12(7-13)9(4)10(14-5)11(16-12)15-8(2)3/h8-11,13H,6-7H2,1-5H3/t9-,10+,11?,12?/m1/s1. The first-order valence-corrected chi connectivity index (χ1v) is 5.97. The molecule has 0 aromatic rings. The molecule has 0 spiro atoms. The normalized spacial score (nSPS) is 39.6. The SMILES string of the molecule is CCC1(CO)OC(OC(C)C)[C@@H](OC)[C@H]1C. The minimum absolute atomic E-state index is 0.00246. The Labute approximate surface area is 97.9 Å². The molecule has 1 fully saturated rings. The van der Waals surface area contributed by atoms with Crippen LogP contribution < -0.4 is 0 Å². The fourth-order valence-electron chi connectivity index (χ4n) is 2.33. The zero-order valence-electron chi connectivity index (χ0n) is 10.9. The van der Waals surface area contributed by atoms with Gasteiger partial charge in [-0.1, -0.05) is 13.8 Å². The lowest BCUT2D eigenvalue weighted by Gasteiger charge is -2.29. The maximum Gasteiger partial charge on any atom is 0.185 e. The lowest BCUT2D eigenvalue weighted by Crippen LogP contribution is -2.40. The zero-order chi connectivity index (χ0) is 12.3. The van der Waals surface area contributed by atoms with Crippen molar-refractivity contribution in [2.45, 2.75) is 58.2 Å². The van der Waals surface area contributed by atoms with Crippen molar-refractivity contribution in [1.29, 1.82) is 0 Å². The van der Waals surface area contributed by atoms with Crippen LogP contribution >= 0.6 is 0 Å². The van der Waals surface area contributed by atoms with Crippen LogP contribution in [-0.2, 0) is 14.2 Å². The van der Waals surface area contributed by atoms with Crippen LogP contribution in [0, 0.1) is 5.92 Å². The fourth-order valence-corrected chi connectivity index (χ4v) is 2.33. The Morgan fingerprint density at radius 3 is 2.44 bits per heavy atom. The molecule has 1 saturated heterocycles. The molecule has 1 aliphatic heterocycles. The summed E-state index contributed by atoms with van der Waals surface area (Å²) < 4.78 is 17.0. The first kappa shape index (κ1) is 13.9. The summed E-state index contributed by atoms with van der Waals surface area (Å²) in [5.74, 6) is 0.122. The van der Waals surface area contributed by atoms with Gasteiger partial charge in [0.15, 0.2) is 6.29 Å². The summed E-state index contributed by atoms with van der Waals surface area (Å²) in [6.07, 6.45) is 0.338. The summed E-state index contributed by atoms with van der Waals surface area (Å²) >= 11 is 0. The third-order valence-corrected chi connectivity index (χ3v) is 3.49. The number of methoxy groups -OCH3 is 1. The summed E-state index contributed by atoms with van der Waals surface area (Å²) in [6.45, 7) is 7.98. The Hall–Kier alpha value is -0.160. The molecule has 0 radical (unpaired) electrons. The first-order chi connectivity index (χ1) is 7.50. The van der Waals surface area contributed by atoms with Crippen molar-refractivity contribution in [2.24, 2.45) is 5.92 Å². The molecule has 4 nitrogen and oxygen atoms in total. The van der Waals surface area contributed by atoms with Gasteiger partial charge < -0.3 is 19.3 Å². The van der Waals surface area contributed by atoms with Crippen LogP contribution in [0.5, 0.6) is 0 Å². The van der Waals surface area contributed by atoms with Crippen molar-refractivity contribution in [2.75, 3.05) is 13.7 Å². The monoisotopic (exact) mass is 232 g/mol. The Morgan fingerprint density at radius 2 is 2.06 bits per heavy atom. The molecule has 4 heteroatoms. The minimum Gasteiger partial charge on any atom is -0.393 e. The van der Waals surface area contributed by atoms with Crippen molar-refractivity contribution in [3.05, 3.63) is 0 Å². The third-order valence-electron chi connectivity index (χ3n) is 3.49. The van der Waals surface area contributed by atoms with Gasteiger partial charge in [0.2, 0.25) is 0 Å². The van der Waals surface area contributed by atoms with Gasteiger partial charge in [-0.25, -0.2) is 0 Å². The van der Waals surface area contributed by atoms with Gasteiger partial charge in [0.25, 0.3) is 0 Å². The van der Waals surface area contributed by atoms with E-state index >= 15 is 0 Å². The smallest absolute Gasteiger partial charge is 0.185 e. The fraction of sp³-hybridized carbons (Fsp3) is 1.00. The summed E-state index contributed by atoms with van der Waals surface area (Å²) in [5, 5.41) is 9.52. The largest absolute Gasteiger partial charge is 0.393 e. The molecule has 0 saturated carbocycles. The molecule has 0 aromatic heterocycles. The van der Waals surface area contributed by atoms with Crippen molar-refractivity contribution in [3.8, 4) is 0 Å². The predicted molar refractivity (Wildman–Crippen MR) is 61.2 cm³/mol. The van der Waals surface area contributed by atoms with Crippen LogP contribution in [0.25, 0.3) is 0 Å². The van der Waals surface area contributed by atoms with E-state index in [4.69, 9.17) is 14.2 Å². The number of rotatable bonds is 5. The second-order valence-corrected chi connectivity index (χ2v) is 4.74. The summed E-state index contributed by atoms with van der Waals surface area (Å²) in [5.41, 5.74) is -0.528. The average molecular weight is 232 g/mol. The van der Waals surface area contributed by atoms with Crippen molar-refractivity contribution in [3.63, 3.8) is 0 Å². The molecule has 0 amide bonds. The van der Waals surface area contributed by atoms with Gasteiger partial charge in [-0.15, -0.1) is 0 Å². The van der Waals surface area contributed by atoms with Crippen molar-refractivity contribution < 1.29 is 19.3 Å². The third kappa shape index (κ3) is 2.40. The van der Waals surface area contributed by atoms with Crippen molar-refractivity contribution in [1.82, 2.24) is 0 Å². The highest BCUT2D eigenvalue weighted by atomic mass is 16.7. The van der Waals surface area contributed by atoms with Crippen LogP contribution in [0.2, 0.25) is 0 Å². The number of hydrogen-bond donors (Lipinski definition) is 1. The number of ether oxygens (including phenoxy) is 3. The molecule has 16 heavy (non-hydrogen) atoms. The lowest BCUT2D eigenvalue weighted by molar-refractivity contribution is -0.215. The van der Waals surface area contributed by atoms with Gasteiger partial charge in [-0.3, -0.25) is 0 Å². The van der Waals surface area contributed by atoms with Gasteiger partial charge in [0.05, 0.1) is 18.3 Å². The molecular weight excluding hydrogens is 208 g/mol. The molecule has 1 N–H and O–H groups in total. The predicted octanol–water partition coefficient (Wildman–Crippen LogP) is 1.56. The first-order valence-electron chi connectivity index (χ1n) is 5.97. The molecule has 2 unspecified atom stereocenters. The van der Waals surface area contributed by atoms with Crippen LogP contribution in [0.3, 0.4) is 0 Å². The van der Waals surface area contributed by atoms with Gasteiger partial charge in [0, 0.05) is 13.0 Å². The molecule has 1 aliphatic rings. The highest BCUT2D eigenvalue weighted by Gasteiger charge is 2.52. The highest BCUT2D eigenvalue weighted by Crippen LogP contribution is 2.40. The van der Waals surface area contributed by atoms with E-state index in [-0.39, 0.29) is 31.0 Å². The Kier molecular flexibility index (Phi) is 4.73. The van der Waals surface area contributed by atoms with Gasteiger partial charge in [-0.2, -0.15) is 0 Å². The Balaban J connectivity index is 2.81. The van der Waals surface area contributed by atoms with E-state index in [0.29, 0.717) is 0 Å². The summed E-state index contributed by atoms with van der Waals surface area (Å²) in [4.78, 5) is 0. The molecule has 0 bridgehead atoms. The van der Waals surface area contributed by atoms with E-state index in [2.05, 4.69) is 0 Å². The topological polar surface area (TPSA) is 47.9 Å². The van der Waals surface area contributed by atoms with E-state index in [1.54, 1.807) is 7.11 Å². The second-order valence-electron chi connectivity index (χ2n) is 4.74. The maximum absolute atomic E-state index is 9.52. The van der Waals surface area contributed by atoms with E-state index in [1.807, 2.05) is 27.7 Å². The lowest BCUT2D eigenvalue weighted by atomic mass is 9.85. The summed E-state index contributed by atoms with van der Waals surface area (Å²) in [6, 6.07) is 0. The van der Waals surface area contributed by atoms with E-state index in [9.17, 15) is 5.11 Å². The molecule has 96 valence electrons. The van der Waals surface area contributed by atoms with E-state index < -0.39 is 5.60 Å². The molecule has 0 aromatic carbocycles. The van der Waals surface area contributed by atoms with E-state index in [0.717, 1.165) is 6.42 Å². The minimum atomic E-state index is -0.528. The summed E-state index contributed by atoms with van der Waals surface area (Å²) in [7, 11) is 1.66. The number of aliphatic hydroxyl groups is 1. The maximum atomic E-state index is 9.52. The zero-order valence-corrected chi connectivity index (χ0v) is 10.9. The highest BCUT2D eigenvalue weighted by molar-refractivity contribution is 4.97. The molecular formula is C12H24O4. The van der Waals surface area contributed by atoms with Crippen LogP contribution in [0.1, 0.15) is 34.1 Å². The quantitative estimate of drug-likeness (QED) is 0.781.